The van der Waals surface area contributed by atoms with Gasteiger partial charge in [-0.3, -0.25) is 9.59 Å². The van der Waals surface area contributed by atoms with Crippen LogP contribution >= 0.6 is 0 Å². The number of hydrogen-bond acceptors (Lipinski definition) is 6. The monoisotopic (exact) mass is 526 g/mol. The van der Waals surface area contributed by atoms with E-state index >= 15 is 0 Å². The normalized spacial score (nSPS) is 25.9. The molecule has 8 heteroatoms. The highest BCUT2D eigenvalue weighted by Gasteiger charge is 2.15. The third kappa shape index (κ3) is 17.8. The van der Waals surface area contributed by atoms with Crippen molar-refractivity contribution in [2.75, 3.05) is 92.9 Å². The van der Waals surface area contributed by atoms with E-state index in [-0.39, 0.29) is 11.8 Å². The second kappa shape index (κ2) is 20.7. The van der Waals surface area contributed by atoms with E-state index < -0.39 is 0 Å². The van der Waals surface area contributed by atoms with Gasteiger partial charge in [0.05, 0.1) is 0 Å². The van der Waals surface area contributed by atoms with Crippen LogP contribution in [-0.4, -0.2) is 124 Å². The van der Waals surface area contributed by atoms with E-state index in [1.54, 1.807) is 13.8 Å². The third-order valence-corrected chi connectivity index (χ3v) is 7.30. The van der Waals surface area contributed by atoms with Crippen LogP contribution in [0.25, 0.3) is 0 Å². The topological polar surface area (TPSA) is 65.6 Å². The summed E-state index contributed by atoms with van der Waals surface area (Å²) in [6.45, 7) is 18.2. The van der Waals surface area contributed by atoms with Crippen molar-refractivity contribution < 1.29 is 19.1 Å². The number of hydrogen-bond donors (Lipinski definition) is 0. The van der Waals surface area contributed by atoms with Crippen molar-refractivity contribution in [1.82, 2.24) is 19.6 Å². The van der Waals surface area contributed by atoms with Gasteiger partial charge in [-0.1, -0.05) is 13.8 Å². The van der Waals surface area contributed by atoms with Gasteiger partial charge in [-0.2, -0.15) is 0 Å². The molecule has 1 aliphatic heterocycles. The van der Waals surface area contributed by atoms with Gasteiger partial charge in [0, 0.05) is 66.5 Å². The molecule has 2 amide bonds. The minimum Gasteiger partial charge on any atom is -0.381 e. The van der Waals surface area contributed by atoms with Crippen molar-refractivity contribution in [2.45, 2.75) is 72.6 Å². The lowest BCUT2D eigenvalue weighted by atomic mass is 10.1. The Labute approximate surface area is 228 Å². The van der Waals surface area contributed by atoms with Gasteiger partial charge in [-0.15, -0.1) is 0 Å². The van der Waals surface area contributed by atoms with Crippen molar-refractivity contribution in [1.29, 1.82) is 0 Å². The molecule has 218 valence electrons. The lowest BCUT2D eigenvalue weighted by molar-refractivity contribution is -0.130. The maximum Gasteiger partial charge on any atom is 0.219 e. The Morgan fingerprint density at radius 1 is 0.568 bits per heavy atom. The van der Waals surface area contributed by atoms with Gasteiger partial charge in [0.15, 0.2) is 0 Å². The highest BCUT2D eigenvalue weighted by atomic mass is 16.5. The fourth-order valence-electron chi connectivity index (χ4n) is 4.73. The molecule has 1 rings (SSSR count). The van der Waals surface area contributed by atoms with Crippen LogP contribution in [0.5, 0.6) is 0 Å². The molecule has 0 aromatic rings. The number of nitrogens with zero attached hydrogens (tertiary/aromatic N) is 4. The van der Waals surface area contributed by atoms with E-state index in [1.165, 1.54) is 0 Å². The van der Waals surface area contributed by atoms with Crippen LogP contribution in [0.3, 0.4) is 0 Å². The van der Waals surface area contributed by atoms with Crippen molar-refractivity contribution in [2.24, 2.45) is 11.8 Å². The summed E-state index contributed by atoms with van der Waals surface area (Å²) < 4.78 is 11.6. The summed E-state index contributed by atoms with van der Waals surface area (Å²) in [6, 6.07) is 0. The highest BCUT2D eigenvalue weighted by Crippen LogP contribution is 2.10. The Bertz CT molecular complexity index is 556. The molecule has 0 radical (unpaired) electrons. The van der Waals surface area contributed by atoms with Crippen molar-refractivity contribution in [3.05, 3.63) is 0 Å². The second-order valence-corrected chi connectivity index (χ2v) is 11.3. The quantitative estimate of drug-likeness (QED) is 0.481. The smallest absolute Gasteiger partial charge is 0.219 e. The average Bonchev–Trinajstić information content (AvgIpc) is 2.84. The van der Waals surface area contributed by atoms with Gasteiger partial charge in [0.2, 0.25) is 11.8 Å². The Morgan fingerprint density at radius 3 is 1.32 bits per heavy atom. The molecule has 0 N–H and O–H groups in total. The maximum atomic E-state index is 12.1. The lowest BCUT2D eigenvalue weighted by Gasteiger charge is -2.27. The molecule has 0 aromatic carbocycles. The standard InChI is InChI=1S/C29H58N4O4/c1-26-12-18-30(5)14-9-15-31(6)19-13-27(2)25-33(29(4)35)17-11-23-37-21-8-7-20-36-22-10-16-32(24-26)28(3)34/h26-27H,7-25H2,1-6H3. The van der Waals surface area contributed by atoms with E-state index in [0.717, 1.165) is 111 Å². The number of carbonyl (C=O) groups is 2. The molecule has 0 aromatic heterocycles. The van der Waals surface area contributed by atoms with Crippen LogP contribution in [0.4, 0.5) is 0 Å². The van der Waals surface area contributed by atoms with Gasteiger partial charge in [0.1, 0.15) is 0 Å². The summed E-state index contributed by atoms with van der Waals surface area (Å²) in [4.78, 5) is 33.0. The molecule has 0 spiro atoms. The molecular weight excluding hydrogens is 468 g/mol. The first kappa shape index (κ1) is 33.8. The van der Waals surface area contributed by atoms with Gasteiger partial charge in [-0.05, 0) is 97.1 Å². The molecule has 37 heavy (non-hydrogen) atoms. The molecule has 1 fully saturated rings. The molecule has 8 nitrogen and oxygen atoms in total. The fraction of sp³-hybridized carbons (Fsp3) is 0.931. The number of amides is 2. The Kier molecular flexibility index (Phi) is 18.9. The molecule has 1 aliphatic rings. The molecule has 1 saturated heterocycles. The summed E-state index contributed by atoms with van der Waals surface area (Å²) in [7, 11) is 4.40. The summed E-state index contributed by atoms with van der Waals surface area (Å²) in [5, 5.41) is 0. The number of carbonyl (C=O) groups excluding carboxylic acids is 2. The Balaban J connectivity index is 2.55. The third-order valence-electron chi connectivity index (χ3n) is 7.30. The summed E-state index contributed by atoms with van der Waals surface area (Å²) in [5.41, 5.74) is 0. The van der Waals surface area contributed by atoms with Gasteiger partial charge in [0.25, 0.3) is 0 Å². The fourth-order valence-corrected chi connectivity index (χ4v) is 4.73. The van der Waals surface area contributed by atoms with Crippen LogP contribution in [0.15, 0.2) is 0 Å². The first-order chi connectivity index (χ1) is 17.7. The van der Waals surface area contributed by atoms with Crippen LogP contribution in [0, 0.1) is 11.8 Å². The van der Waals surface area contributed by atoms with E-state index in [9.17, 15) is 9.59 Å². The highest BCUT2D eigenvalue weighted by molar-refractivity contribution is 5.73. The number of ether oxygens (including phenoxy) is 2. The molecule has 2 unspecified atom stereocenters. The first-order valence-corrected chi connectivity index (χ1v) is 14.7. The largest absolute Gasteiger partial charge is 0.381 e. The van der Waals surface area contributed by atoms with Gasteiger partial charge in [-0.25, -0.2) is 0 Å². The van der Waals surface area contributed by atoms with Crippen LogP contribution < -0.4 is 0 Å². The molecule has 1 heterocycles. The van der Waals surface area contributed by atoms with Crippen molar-refractivity contribution in [3.63, 3.8) is 0 Å². The Morgan fingerprint density at radius 2 is 0.946 bits per heavy atom. The Hall–Kier alpha value is -1.22. The zero-order chi connectivity index (χ0) is 27.5. The minimum absolute atomic E-state index is 0.157. The van der Waals surface area contributed by atoms with E-state index in [1.807, 2.05) is 9.80 Å². The summed E-state index contributed by atoms with van der Waals surface area (Å²) in [5.74, 6) is 1.28. The van der Waals surface area contributed by atoms with Crippen molar-refractivity contribution in [3.8, 4) is 0 Å². The van der Waals surface area contributed by atoms with Crippen molar-refractivity contribution >= 4 is 11.8 Å². The molecule has 2 atom stereocenters. The van der Waals surface area contributed by atoms with Crippen LogP contribution in [-0.2, 0) is 19.1 Å². The second-order valence-electron chi connectivity index (χ2n) is 11.3. The van der Waals surface area contributed by atoms with E-state index in [2.05, 4.69) is 37.7 Å². The summed E-state index contributed by atoms with van der Waals surface area (Å²) >= 11 is 0. The maximum absolute atomic E-state index is 12.1. The first-order valence-electron chi connectivity index (χ1n) is 14.7. The summed E-state index contributed by atoms with van der Waals surface area (Å²) in [6.07, 6.45) is 7.05. The van der Waals surface area contributed by atoms with Crippen LogP contribution in [0.1, 0.15) is 72.6 Å². The molecule has 0 saturated carbocycles. The van der Waals surface area contributed by atoms with E-state index in [4.69, 9.17) is 9.47 Å². The van der Waals surface area contributed by atoms with Gasteiger partial charge < -0.3 is 29.1 Å². The van der Waals surface area contributed by atoms with E-state index in [0.29, 0.717) is 25.0 Å². The predicted molar refractivity (Wildman–Crippen MR) is 152 cm³/mol. The van der Waals surface area contributed by atoms with Gasteiger partial charge >= 0.3 is 0 Å². The average molecular weight is 527 g/mol. The predicted octanol–water partition coefficient (Wildman–Crippen LogP) is 3.60. The minimum atomic E-state index is 0.157. The SMILES string of the molecule is CC(=O)N1CCCOCCCCOCCCN(C(C)=O)CC(C)CCN(C)CCCN(C)CCC(C)C1. The zero-order valence-corrected chi connectivity index (χ0v) is 25.0. The molecular formula is C29H58N4O4. The van der Waals surface area contributed by atoms with Crippen LogP contribution in [0.2, 0.25) is 0 Å². The zero-order valence-electron chi connectivity index (χ0n) is 25.0. The molecule has 0 aliphatic carbocycles. The number of rotatable bonds is 0. The lowest BCUT2D eigenvalue weighted by Crippen LogP contribution is -2.36. The molecule has 0 bridgehead atoms.